The van der Waals surface area contributed by atoms with E-state index < -0.39 is 0 Å². The van der Waals surface area contributed by atoms with Crippen LogP contribution in [0.2, 0.25) is 10.0 Å². The minimum absolute atomic E-state index is 0.232. The van der Waals surface area contributed by atoms with E-state index in [0.29, 0.717) is 13.1 Å². The van der Waals surface area contributed by atoms with Gasteiger partial charge in [0, 0.05) is 24.5 Å². The Labute approximate surface area is 197 Å². The molecule has 0 unspecified atom stereocenters. The molecule has 0 bridgehead atoms. The van der Waals surface area contributed by atoms with Crippen molar-refractivity contribution in [1.82, 2.24) is 0 Å². The molecule has 2 amide bonds. The van der Waals surface area contributed by atoms with Gasteiger partial charge in [0.05, 0.1) is 21.2 Å². The first-order chi connectivity index (χ1) is 15.5. The first kappa shape index (κ1) is 21.0. The second-order valence-electron chi connectivity index (χ2n) is 8.19. The highest BCUT2D eigenvalue weighted by atomic mass is 35.5. The highest BCUT2D eigenvalue weighted by Crippen LogP contribution is 2.34. The fourth-order valence-electron chi connectivity index (χ4n) is 4.68. The van der Waals surface area contributed by atoms with Crippen molar-refractivity contribution in [3.8, 4) is 0 Å². The van der Waals surface area contributed by atoms with E-state index in [2.05, 4.69) is 0 Å². The number of halogens is 2. The van der Waals surface area contributed by atoms with Crippen LogP contribution in [0, 0.1) is 0 Å². The maximum absolute atomic E-state index is 13.7. The summed E-state index contributed by atoms with van der Waals surface area (Å²) in [4.78, 5) is 31.0. The van der Waals surface area contributed by atoms with Crippen LogP contribution < -0.4 is 9.80 Å². The van der Waals surface area contributed by atoms with Gasteiger partial charge in [0.15, 0.2) is 0 Å². The lowest BCUT2D eigenvalue weighted by atomic mass is 9.97. The standard InChI is InChI=1S/C26H22Cl2N2O2/c27-21-15-19(25(31)29-13-5-9-17-7-1-3-11-23(17)29)20(16-22(21)28)26(32)30-14-6-10-18-8-2-4-12-24(18)30/h1-4,7-8,11-12,15-16H,5-6,9-10,13-14H2. The Hall–Kier alpha value is -2.82. The smallest absolute Gasteiger partial charge is 0.259 e. The van der Waals surface area contributed by atoms with E-state index in [4.69, 9.17) is 23.2 Å². The molecule has 162 valence electrons. The summed E-state index contributed by atoms with van der Waals surface area (Å²) in [7, 11) is 0. The molecule has 0 spiro atoms. The van der Waals surface area contributed by atoms with Gasteiger partial charge in [-0.05, 0) is 61.1 Å². The monoisotopic (exact) mass is 464 g/mol. The molecule has 5 rings (SSSR count). The van der Waals surface area contributed by atoms with Crippen LogP contribution in [0.25, 0.3) is 0 Å². The molecule has 2 heterocycles. The van der Waals surface area contributed by atoms with Gasteiger partial charge in [-0.1, -0.05) is 59.6 Å². The number of anilines is 2. The van der Waals surface area contributed by atoms with Crippen LogP contribution in [-0.2, 0) is 12.8 Å². The SMILES string of the molecule is O=C(c1cc(Cl)c(Cl)cc1C(=O)N1CCCc2ccccc21)N1CCCc2ccccc21. The van der Waals surface area contributed by atoms with Crippen LogP contribution in [0.5, 0.6) is 0 Å². The van der Waals surface area contributed by atoms with E-state index >= 15 is 0 Å². The molecule has 0 saturated heterocycles. The third-order valence-corrected chi connectivity index (χ3v) is 6.95. The summed E-state index contributed by atoms with van der Waals surface area (Å²) in [5.41, 5.74) is 4.59. The van der Waals surface area contributed by atoms with E-state index in [1.54, 1.807) is 9.80 Å². The zero-order valence-electron chi connectivity index (χ0n) is 17.5. The summed E-state index contributed by atoms with van der Waals surface area (Å²) in [6, 6.07) is 18.9. The maximum atomic E-state index is 13.7. The molecule has 4 nitrogen and oxygen atoms in total. The molecule has 2 aliphatic heterocycles. The van der Waals surface area contributed by atoms with Gasteiger partial charge in [-0.3, -0.25) is 9.59 Å². The minimum atomic E-state index is -0.232. The number of benzene rings is 3. The van der Waals surface area contributed by atoms with Crippen LogP contribution in [0.1, 0.15) is 44.7 Å². The predicted molar refractivity (Wildman–Crippen MR) is 129 cm³/mol. The fraction of sp³-hybridized carbons (Fsp3) is 0.231. The second kappa shape index (κ2) is 8.61. The Balaban J connectivity index is 1.58. The maximum Gasteiger partial charge on any atom is 0.259 e. The van der Waals surface area contributed by atoms with Crippen LogP contribution in [0.3, 0.4) is 0 Å². The number of hydrogen-bond acceptors (Lipinski definition) is 2. The molecular formula is C26H22Cl2N2O2. The van der Waals surface area contributed by atoms with Crippen LogP contribution in [-0.4, -0.2) is 24.9 Å². The van der Waals surface area contributed by atoms with E-state index in [-0.39, 0.29) is 33.0 Å². The molecular weight excluding hydrogens is 443 g/mol. The summed E-state index contributed by atoms with van der Waals surface area (Å²) in [5, 5.41) is 0.520. The predicted octanol–water partition coefficient (Wildman–Crippen LogP) is 6.18. The molecule has 32 heavy (non-hydrogen) atoms. The van der Waals surface area contributed by atoms with Gasteiger partial charge >= 0.3 is 0 Å². The average Bonchev–Trinajstić information content (AvgIpc) is 2.84. The average molecular weight is 465 g/mol. The lowest BCUT2D eigenvalue weighted by molar-refractivity contribution is 0.0952. The van der Waals surface area contributed by atoms with Crippen molar-refractivity contribution in [3.63, 3.8) is 0 Å². The van der Waals surface area contributed by atoms with E-state index in [1.807, 2.05) is 48.5 Å². The number of aryl methyl sites for hydroxylation is 2. The molecule has 0 aliphatic carbocycles. The number of amides is 2. The second-order valence-corrected chi connectivity index (χ2v) is 9.00. The number of nitrogens with zero attached hydrogens (tertiary/aromatic N) is 2. The van der Waals surface area contributed by atoms with Crippen molar-refractivity contribution >= 4 is 46.4 Å². The summed E-state index contributed by atoms with van der Waals surface area (Å²) in [6.45, 7) is 1.19. The number of para-hydroxylation sites is 2. The number of rotatable bonds is 2. The van der Waals surface area contributed by atoms with E-state index in [9.17, 15) is 9.59 Å². The zero-order valence-corrected chi connectivity index (χ0v) is 19.0. The Kier molecular flexibility index (Phi) is 5.66. The number of carbonyl (C=O) groups excluding carboxylic acids is 2. The Morgan fingerprint density at radius 1 is 0.656 bits per heavy atom. The molecule has 0 saturated carbocycles. The van der Waals surface area contributed by atoms with Gasteiger partial charge in [0.2, 0.25) is 0 Å². The summed E-state index contributed by atoms with van der Waals surface area (Å²) < 4.78 is 0. The number of fused-ring (bicyclic) bond motifs is 2. The quantitative estimate of drug-likeness (QED) is 0.454. The third kappa shape index (κ3) is 3.68. The van der Waals surface area contributed by atoms with Crippen molar-refractivity contribution in [2.24, 2.45) is 0 Å². The molecule has 3 aromatic carbocycles. The largest absolute Gasteiger partial charge is 0.308 e. The fourth-order valence-corrected chi connectivity index (χ4v) is 5.01. The first-order valence-corrected chi connectivity index (χ1v) is 11.6. The normalized spacial score (nSPS) is 15.2. The molecule has 0 N–H and O–H groups in total. The summed E-state index contributed by atoms with van der Waals surface area (Å²) >= 11 is 12.6. The topological polar surface area (TPSA) is 40.6 Å². The van der Waals surface area contributed by atoms with Gasteiger partial charge in [-0.25, -0.2) is 0 Å². The van der Waals surface area contributed by atoms with Crippen molar-refractivity contribution in [2.45, 2.75) is 25.7 Å². The third-order valence-electron chi connectivity index (χ3n) is 6.23. The molecule has 6 heteroatoms. The van der Waals surface area contributed by atoms with Crippen molar-refractivity contribution in [1.29, 1.82) is 0 Å². The van der Waals surface area contributed by atoms with E-state index in [0.717, 1.165) is 48.2 Å². The van der Waals surface area contributed by atoms with Gasteiger partial charge < -0.3 is 9.80 Å². The Morgan fingerprint density at radius 2 is 1.06 bits per heavy atom. The first-order valence-electron chi connectivity index (χ1n) is 10.8. The van der Waals surface area contributed by atoms with Crippen LogP contribution in [0.4, 0.5) is 11.4 Å². The van der Waals surface area contributed by atoms with Gasteiger partial charge in [-0.2, -0.15) is 0 Å². The van der Waals surface area contributed by atoms with Gasteiger partial charge in [0.25, 0.3) is 11.8 Å². The van der Waals surface area contributed by atoms with Crippen molar-refractivity contribution in [2.75, 3.05) is 22.9 Å². The lowest BCUT2D eigenvalue weighted by Crippen LogP contribution is -2.39. The highest BCUT2D eigenvalue weighted by Gasteiger charge is 2.31. The molecule has 0 atom stereocenters. The zero-order chi connectivity index (χ0) is 22.2. The molecule has 2 aliphatic rings. The highest BCUT2D eigenvalue weighted by molar-refractivity contribution is 6.42. The van der Waals surface area contributed by atoms with E-state index in [1.165, 1.54) is 12.1 Å². The molecule has 0 fully saturated rings. The molecule has 0 aromatic heterocycles. The van der Waals surface area contributed by atoms with Gasteiger partial charge in [-0.15, -0.1) is 0 Å². The molecule has 0 radical (unpaired) electrons. The Bertz CT molecular complexity index is 1130. The summed E-state index contributed by atoms with van der Waals surface area (Å²) in [6.07, 6.45) is 3.59. The van der Waals surface area contributed by atoms with Gasteiger partial charge in [0.1, 0.15) is 0 Å². The van der Waals surface area contributed by atoms with Crippen molar-refractivity contribution < 1.29 is 9.59 Å². The summed E-state index contributed by atoms with van der Waals surface area (Å²) in [5.74, 6) is -0.464. The Morgan fingerprint density at radius 3 is 1.50 bits per heavy atom. The number of hydrogen-bond donors (Lipinski definition) is 0. The lowest BCUT2D eigenvalue weighted by Gasteiger charge is -2.32. The number of carbonyl (C=O) groups is 2. The minimum Gasteiger partial charge on any atom is -0.308 e. The van der Waals surface area contributed by atoms with Crippen LogP contribution in [0.15, 0.2) is 60.7 Å². The van der Waals surface area contributed by atoms with Crippen molar-refractivity contribution in [3.05, 3.63) is 93.0 Å². The van der Waals surface area contributed by atoms with Crippen LogP contribution >= 0.6 is 23.2 Å². The molecule has 3 aromatic rings.